The number of aryl methyl sites for hydroxylation is 1. The number of hydrogen-bond donors (Lipinski definition) is 1. The van der Waals surface area contributed by atoms with Crippen molar-refractivity contribution in [1.82, 2.24) is 14.9 Å². The number of likely N-dealkylation sites (tertiary alicyclic amines) is 1. The molecular formula is C18H23N3O2. The molecule has 1 aromatic carbocycles. The van der Waals surface area contributed by atoms with E-state index >= 15 is 0 Å². The van der Waals surface area contributed by atoms with Crippen molar-refractivity contribution in [1.29, 1.82) is 0 Å². The molecule has 2 aromatic rings. The third kappa shape index (κ3) is 3.86. The lowest BCUT2D eigenvalue weighted by molar-refractivity contribution is 0.140. The van der Waals surface area contributed by atoms with Crippen LogP contribution in [-0.2, 0) is 13.0 Å². The third-order valence-electron chi connectivity index (χ3n) is 4.51. The number of aromatic nitrogens is 2. The summed E-state index contributed by atoms with van der Waals surface area (Å²) < 4.78 is 5.25. The summed E-state index contributed by atoms with van der Waals surface area (Å²) in [6.45, 7) is 4.53. The van der Waals surface area contributed by atoms with E-state index in [9.17, 15) is 5.11 Å². The molecule has 0 amide bonds. The molecule has 0 saturated carbocycles. The highest BCUT2D eigenvalue weighted by atomic mass is 16.5. The van der Waals surface area contributed by atoms with Crippen molar-refractivity contribution in [2.45, 2.75) is 26.0 Å². The molecule has 3 rings (SSSR count). The lowest BCUT2D eigenvalue weighted by Gasteiger charge is -2.17. The van der Waals surface area contributed by atoms with Gasteiger partial charge in [-0.25, -0.2) is 0 Å². The molecule has 1 N–H and O–H groups in total. The number of ether oxygens (including phenoxy) is 1. The molecule has 1 aliphatic heterocycles. The lowest BCUT2D eigenvalue weighted by Crippen LogP contribution is -2.21. The Labute approximate surface area is 137 Å². The van der Waals surface area contributed by atoms with E-state index in [1.807, 2.05) is 6.07 Å². The first-order valence-electron chi connectivity index (χ1n) is 7.94. The summed E-state index contributed by atoms with van der Waals surface area (Å²) in [5.41, 5.74) is 3.44. The molecule has 1 saturated heterocycles. The number of benzene rings is 1. The number of aliphatic hydroxyl groups is 1. The van der Waals surface area contributed by atoms with Crippen LogP contribution < -0.4 is 4.74 Å². The molecule has 23 heavy (non-hydrogen) atoms. The standard InChI is InChI=1S/C18H23N3O2/c1-13-7-17(23-2)4-3-14(13)10-21-11-15(18(22)12-21)8-16-9-19-5-6-20-16/h3-7,9,15,18,22H,8,10-12H2,1-2H3/t15-,18-/m1/s1. The molecule has 1 fully saturated rings. The van der Waals surface area contributed by atoms with Crippen LogP contribution in [0.25, 0.3) is 0 Å². The second-order valence-corrected chi connectivity index (χ2v) is 6.21. The molecule has 2 heterocycles. The number of methoxy groups -OCH3 is 1. The Morgan fingerprint density at radius 3 is 2.87 bits per heavy atom. The van der Waals surface area contributed by atoms with Crippen LogP contribution in [0.1, 0.15) is 16.8 Å². The van der Waals surface area contributed by atoms with E-state index in [1.165, 1.54) is 11.1 Å². The van der Waals surface area contributed by atoms with Crippen LogP contribution in [0.4, 0.5) is 0 Å². The minimum absolute atomic E-state index is 0.213. The van der Waals surface area contributed by atoms with Crippen molar-refractivity contribution in [2.75, 3.05) is 20.2 Å². The Kier molecular flexibility index (Phi) is 4.88. The predicted molar refractivity (Wildman–Crippen MR) is 88.2 cm³/mol. The number of β-amino-alcohol motifs (C(OH)–C–C–N with tert-alkyl or cyclic N) is 1. The molecule has 0 spiro atoms. The first-order valence-corrected chi connectivity index (χ1v) is 7.94. The van der Waals surface area contributed by atoms with Gasteiger partial charge in [-0.2, -0.15) is 0 Å². The molecule has 0 bridgehead atoms. The second-order valence-electron chi connectivity index (χ2n) is 6.21. The Balaban J connectivity index is 1.62. The fourth-order valence-electron chi connectivity index (χ4n) is 3.19. The number of aliphatic hydroxyl groups excluding tert-OH is 1. The van der Waals surface area contributed by atoms with Crippen LogP contribution in [0, 0.1) is 12.8 Å². The fourth-order valence-corrected chi connectivity index (χ4v) is 3.19. The molecule has 1 aromatic heterocycles. The Morgan fingerprint density at radius 1 is 1.30 bits per heavy atom. The van der Waals surface area contributed by atoms with E-state index in [0.29, 0.717) is 6.54 Å². The first-order chi connectivity index (χ1) is 11.2. The van der Waals surface area contributed by atoms with E-state index in [-0.39, 0.29) is 12.0 Å². The summed E-state index contributed by atoms with van der Waals surface area (Å²) in [6.07, 6.45) is 5.62. The summed E-state index contributed by atoms with van der Waals surface area (Å²) >= 11 is 0. The van der Waals surface area contributed by atoms with E-state index in [1.54, 1.807) is 25.7 Å². The largest absolute Gasteiger partial charge is 0.497 e. The zero-order chi connectivity index (χ0) is 16.2. The zero-order valence-electron chi connectivity index (χ0n) is 13.6. The lowest BCUT2D eigenvalue weighted by atomic mass is 10.0. The van der Waals surface area contributed by atoms with Gasteiger partial charge in [-0.05, 0) is 36.6 Å². The van der Waals surface area contributed by atoms with Crippen LogP contribution in [0.15, 0.2) is 36.8 Å². The SMILES string of the molecule is COc1ccc(CN2C[C@@H](Cc3cnccn3)[C@H](O)C2)c(C)c1. The van der Waals surface area contributed by atoms with E-state index < -0.39 is 0 Å². The van der Waals surface area contributed by atoms with Crippen molar-refractivity contribution >= 4 is 0 Å². The average molecular weight is 313 g/mol. The highest BCUT2D eigenvalue weighted by Gasteiger charge is 2.31. The number of hydrogen-bond acceptors (Lipinski definition) is 5. The normalized spacial score (nSPS) is 21.5. The molecule has 0 radical (unpaired) electrons. The van der Waals surface area contributed by atoms with Crippen LogP contribution in [0.2, 0.25) is 0 Å². The molecule has 0 aliphatic carbocycles. The van der Waals surface area contributed by atoms with Crippen molar-refractivity contribution in [3.05, 3.63) is 53.6 Å². The second kappa shape index (κ2) is 7.06. The molecule has 1 aliphatic rings. The summed E-state index contributed by atoms with van der Waals surface area (Å²) in [6, 6.07) is 6.15. The van der Waals surface area contributed by atoms with Crippen LogP contribution in [0.5, 0.6) is 5.75 Å². The van der Waals surface area contributed by atoms with Gasteiger partial charge in [0.1, 0.15) is 5.75 Å². The average Bonchev–Trinajstić information content (AvgIpc) is 2.90. The first kappa shape index (κ1) is 15.9. The van der Waals surface area contributed by atoms with Gasteiger partial charge in [-0.3, -0.25) is 14.9 Å². The Hall–Kier alpha value is -1.98. The van der Waals surface area contributed by atoms with Gasteiger partial charge in [-0.1, -0.05) is 6.07 Å². The van der Waals surface area contributed by atoms with Crippen molar-refractivity contribution in [3.8, 4) is 5.75 Å². The van der Waals surface area contributed by atoms with Crippen LogP contribution in [0.3, 0.4) is 0 Å². The molecule has 5 heteroatoms. The summed E-state index contributed by atoms with van der Waals surface area (Å²) in [5.74, 6) is 1.10. The predicted octanol–water partition coefficient (Wildman–Crippen LogP) is 1.83. The summed E-state index contributed by atoms with van der Waals surface area (Å²) in [7, 11) is 1.68. The zero-order valence-corrected chi connectivity index (χ0v) is 13.6. The van der Waals surface area contributed by atoms with Gasteiger partial charge in [0, 0.05) is 44.1 Å². The summed E-state index contributed by atoms with van der Waals surface area (Å²) in [5, 5.41) is 10.3. The monoisotopic (exact) mass is 313 g/mol. The minimum Gasteiger partial charge on any atom is -0.497 e. The topological polar surface area (TPSA) is 58.5 Å². The fraction of sp³-hybridized carbons (Fsp3) is 0.444. The third-order valence-corrected chi connectivity index (χ3v) is 4.51. The number of nitrogens with zero attached hydrogens (tertiary/aromatic N) is 3. The molecule has 0 unspecified atom stereocenters. The molecule has 122 valence electrons. The van der Waals surface area contributed by atoms with E-state index in [2.05, 4.69) is 33.9 Å². The highest BCUT2D eigenvalue weighted by Crippen LogP contribution is 2.24. The maximum atomic E-state index is 10.3. The van der Waals surface area contributed by atoms with Crippen LogP contribution >= 0.6 is 0 Å². The minimum atomic E-state index is -0.310. The Bertz CT molecular complexity index is 648. The van der Waals surface area contributed by atoms with Gasteiger partial charge in [0.15, 0.2) is 0 Å². The van der Waals surface area contributed by atoms with Gasteiger partial charge in [-0.15, -0.1) is 0 Å². The van der Waals surface area contributed by atoms with Gasteiger partial charge in [0.05, 0.1) is 18.9 Å². The van der Waals surface area contributed by atoms with Gasteiger partial charge in [0.25, 0.3) is 0 Å². The maximum absolute atomic E-state index is 10.3. The van der Waals surface area contributed by atoms with Gasteiger partial charge >= 0.3 is 0 Å². The molecule has 5 nitrogen and oxygen atoms in total. The van der Waals surface area contributed by atoms with Crippen molar-refractivity contribution < 1.29 is 9.84 Å². The smallest absolute Gasteiger partial charge is 0.119 e. The quantitative estimate of drug-likeness (QED) is 0.912. The van der Waals surface area contributed by atoms with E-state index in [4.69, 9.17) is 4.74 Å². The van der Waals surface area contributed by atoms with Gasteiger partial charge in [0.2, 0.25) is 0 Å². The van der Waals surface area contributed by atoms with Crippen molar-refractivity contribution in [3.63, 3.8) is 0 Å². The highest BCUT2D eigenvalue weighted by molar-refractivity contribution is 5.34. The van der Waals surface area contributed by atoms with Crippen LogP contribution in [-0.4, -0.2) is 46.3 Å². The van der Waals surface area contributed by atoms with E-state index in [0.717, 1.165) is 31.0 Å². The Morgan fingerprint density at radius 2 is 2.17 bits per heavy atom. The molecular weight excluding hydrogens is 290 g/mol. The molecule has 2 atom stereocenters. The summed E-state index contributed by atoms with van der Waals surface area (Å²) in [4.78, 5) is 10.7. The van der Waals surface area contributed by atoms with Crippen molar-refractivity contribution in [2.24, 2.45) is 5.92 Å². The maximum Gasteiger partial charge on any atom is 0.119 e. The number of rotatable bonds is 5. The van der Waals surface area contributed by atoms with Gasteiger partial charge < -0.3 is 9.84 Å².